The summed E-state index contributed by atoms with van der Waals surface area (Å²) in [5.41, 5.74) is -1.96. The standard InChI is InChI=1S/C24H39BN4O6/c1-21(2,3)30-17-15(13-26-19(28-17)32-23(7,8)9)34-25-35-16-14-27-20(33-24(10,11)12)29-18(16)31-22(4,5)6/h13-14,25H,1-12H3. The Morgan fingerprint density at radius 2 is 0.829 bits per heavy atom. The van der Waals surface area contributed by atoms with E-state index in [-0.39, 0.29) is 31.5 Å². The van der Waals surface area contributed by atoms with E-state index >= 15 is 0 Å². The van der Waals surface area contributed by atoms with Gasteiger partial charge in [0, 0.05) is 0 Å². The minimum absolute atomic E-state index is 0.188. The molecule has 11 heteroatoms. The third-order valence-electron chi connectivity index (χ3n) is 3.43. The number of nitrogens with zero attached hydrogens (tertiary/aromatic N) is 4. The third kappa shape index (κ3) is 10.9. The number of ether oxygens (including phenoxy) is 4. The summed E-state index contributed by atoms with van der Waals surface area (Å²) in [6, 6.07) is 0.377. The van der Waals surface area contributed by atoms with Gasteiger partial charge in [0.05, 0.1) is 12.4 Å². The maximum atomic E-state index is 5.96. The van der Waals surface area contributed by atoms with Crippen molar-refractivity contribution in [3.05, 3.63) is 12.4 Å². The summed E-state index contributed by atoms with van der Waals surface area (Å²) in [4.78, 5) is 17.2. The van der Waals surface area contributed by atoms with E-state index in [1.807, 2.05) is 83.1 Å². The van der Waals surface area contributed by atoms with Crippen molar-refractivity contribution in [2.75, 3.05) is 0 Å². The Balaban J connectivity index is 2.23. The predicted molar refractivity (Wildman–Crippen MR) is 134 cm³/mol. The molecule has 35 heavy (non-hydrogen) atoms. The Morgan fingerprint density at radius 3 is 1.11 bits per heavy atom. The molecule has 2 heterocycles. The van der Waals surface area contributed by atoms with Gasteiger partial charge in [0.25, 0.3) is 11.8 Å². The van der Waals surface area contributed by atoms with E-state index < -0.39 is 22.4 Å². The second kappa shape index (κ2) is 10.3. The molecule has 0 atom stereocenters. The first-order valence-electron chi connectivity index (χ1n) is 11.6. The van der Waals surface area contributed by atoms with Crippen LogP contribution in [0.3, 0.4) is 0 Å². The molecular weight excluding hydrogens is 451 g/mol. The van der Waals surface area contributed by atoms with Gasteiger partial charge in [-0.1, -0.05) is 0 Å². The van der Waals surface area contributed by atoms with Crippen molar-refractivity contribution in [2.45, 2.75) is 105 Å². The Kier molecular flexibility index (Phi) is 8.34. The van der Waals surface area contributed by atoms with Crippen LogP contribution in [0.4, 0.5) is 0 Å². The van der Waals surface area contributed by atoms with Crippen LogP contribution in [0.15, 0.2) is 12.4 Å². The Labute approximate surface area is 209 Å². The molecule has 0 amide bonds. The van der Waals surface area contributed by atoms with E-state index in [1.54, 1.807) is 0 Å². The van der Waals surface area contributed by atoms with Crippen molar-refractivity contribution in [3.8, 4) is 35.3 Å². The summed E-state index contributed by atoms with van der Waals surface area (Å²) in [6.07, 6.45) is 2.98. The zero-order valence-corrected chi connectivity index (χ0v) is 23.1. The SMILES string of the molecule is CC(C)(C)Oc1ncc(OBOc2cnc(OC(C)(C)C)nc2OC(C)(C)C)c(OC(C)(C)C)n1. The van der Waals surface area contributed by atoms with Gasteiger partial charge in [-0.15, -0.1) is 0 Å². The fourth-order valence-corrected chi connectivity index (χ4v) is 2.41. The van der Waals surface area contributed by atoms with Crippen LogP contribution in [-0.2, 0) is 0 Å². The van der Waals surface area contributed by atoms with Crippen molar-refractivity contribution >= 4 is 7.69 Å². The molecule has 0 spiro atoms. The first kappa shape index (κ1) is 28.3. The molecule has 194 valence electrons. The lowest BCUT2D eigenvalue weighted by Crippen LogP contribution is -2.27. The molecule has 0 unspecified atom stereocenters. The fourth-order valence-electron chi connectivity index (χ4n) is 2.41. The van der Waals surface area contributed by atoms with Gasteiger partial charge in [-0.25, -0.2) is 0 Å². The van der Waals surface area contributed by atoms with Gasteiger partial charge in [-0.2, -0.15) is 19.9 Å². The largest absolute Gasteiger partial charge is 0.576 e. The van der Waals surface area contributed by atoms with Gasteiger partial charge in [0.1, 0.15) is 22.4 Å². The molecule has 0 saturated carbocycles. The highest BCUT2D eigenvalue weighted by molar-refractivity contribution is 6.20. The highest BCUT2D eigenvalue weighted by Crippen LogP contribution is 2.32. The fraction of sp³-hybridized carbons (Fsp3) is 0.667. The van der Waals surface area contributed by atoms with Gasteiger partial charge in [0.2, 0.25) is 0 Å². The maximum Gasteiger partial charge on any atom is 0.576 e. The van der Waals surface area contributed by atoms with Crippen LogP contribution in [0.5, 0.6) is 35.3 Å². The molecule has 0 radical (unpaired) electrons. The first-order valence-corrected chi connectivity index (χ1v) is 11.6. The minimum atomic E-state index is -0.517. The quantitative estimate of drug-likeness (QED) is 0.483. The average Bonchev–Trinajstić information content (AvgIpc) is 2.60. The van der Waals surface area contributed by atoms with Gasteiger partial charge >= 0.3 is 19.7 Å². The van der Waals surface area contributed by atoms with Crippen LogP contribution in [0.25, 0.3) is 0 Å². The van der Waals surface area contributed by atoms with Crippen molar-refractivity contribution in [3.63, 3.8) is 0 Å². The molecule has 0 aliphatic rings. The molecular formula is C24H39BN4O6. The van der Waals surface area contributed by atoms with Crippen LogP contribution in [-0.4, -0.2) is 50.0 Å². The topological polar surface area (TPSA) is 107 Å². The monoisotopic (exact) mass is 490 g/mol. The Bertz CT molecular complexity index is 912. The van der Waals surface area contributed by atoms with Crippen LogP contribution in [0.2, 0.25) is 0 Å². The lowest BCUT2D eigenvalue weighted by atomic mass is 10.2. The van der Waals surface area contributed by atoms with Gasteiger partial charge in [-0.3, -0.25) is 0 Å². The van der Waals surface area contributed by atoms with E-state index in [9.17, 15) is 0 Å². The Morgan fingerprint density at radius 1 is 0.514 bits per heavy atom. The second-order valence-corrected chi connectivity index (χ2v) is 11.9. The van der Waals surface area contributed by atoms with Crippen molar-refractivity contribution in [1.82, 2.24) is 19.9 Å². The number of hydrogen-bond donors (Lipinski definition) is 0. The molecule has 2 rings (SSSR count). The van der Waals surface area contributed by atoms with Crippen molar-refractivity contribution in [2.24, 2.45) is 0 Å². The number of hydrogen-bond acceptors (Lipinski definition) is 10. The molecule has 0 saturated heterocycles. The third-order valence-corrected chi connectivity index (χ3v) is 3.43. The van der Waals surface area contributed by atoms with E-state index in [2.05, 4.69) is 19.9 Å². The molecule has 0 aliphatic carbocycles. The zero-order chi connectivity index (χ0) is 26.7. The number of rotatable bonds is 8. The maximum absolute atomic E-state index is 5.96. The van der Waals surface area contributed by atoms with E-state index in [0.717, 1.165) is 0 Å². The lowest BCUT2D eigenvalue weighted by Gasteiger charge is -2.24. The van der Waals surface area contributed by atoms with Crippen molar-refractivity contribution < 1.29 is 28.3 Å². The molecule has 0 bridgehead atoms. The summed E-state index contributed by atoms with van der Waals surface area (Å²) >= 11 is 0. The van der Waals surface area contributed by atoms with Gasteiger partial charge in [-0.05, 0) is 83.1 Å². The lowest BCUT2D eigenvalue weighted by molar-refractivity contribution is 0.101. The molecule has 10 nitrogen and oxygen atoms in total. The van der Waals surface area contributed by atoms with Crippen LogP contribution < -0.4 is 28.3 Å². The summed E-state index contributed by atoms with van der Waals surface area (Å²) in [5, 5.41) is 0. The van der Waals surface area contributed by atoms with Gasteiger partial charge < -0.3 is 28.3 Å². The summed E-state index contributed by atoms with van der Waals surface area (Å²) in [7, 11) is -0.188. The van der Waals surface area contributed by atoms with Crippen molar-refractivity contribution in [1.29, 1.82) is 0 Å². The highest BCUT2D eigenvalue weighted by atomic mass is 16.6. The smallest absolute Gasteiger partial charge is 0.524 e. The van der Waals surface area contributed by atoms with E-state index in [4.69, 9.17) is 28.3 Å². The van der Waals surface area contributed by atoms with Crippen LogP contribution in [0.1, 0.15) is 83.1 Å². The first-order chi connectivity index (χ1) is 15.8. The second-order valence-electron chi connectivity index (χ2n) is 11.9. The summed E-state index contributed by atoms with van der Waals surface area (Å²) in [5.74, 6) is 1.08. The predicted octanol–water partition coefficient (Wildman–Crippen LogP) is 4.70. The highest BCUT2D eigenvalue weighted by Gasteiger charge is 2.24. The molecule has 2 aromatic heterocycles. The summed E-state index contributed by atoms with van der Waals surface area (Å²) in [6.45, 7) is 22.9. The van der Waals surface area contributed by atoms with Crippen LogP contribution >= 0.6 is 0 Å². The van der Waals surface area contributed by atoms with E-state index in [0.29, 0.717) is 11.5 Å². The molecule has 2 aromatic rings. The van der Waals surface area contributed by atoms with Crippen LogP contribution in [0, 0.1) is 0 Å². The average molecular weight is 490 g/mol. The number of aromatic nitrogens is 4. The zero-order valence-electron chi connectivity index (χ0n) is 23.1. The Hall–Kier alpha value is -2.98. The minimum Gasteiger partial charge on any atom is -0.524 e. The molecule has 0 aromatic carbocycles. The summed E-state index contributed by atoms with van der Waals surface area (Å²) < 4.78 is 35.0. The normalized spacial score (nSPS) is 12.6. The molecule has 0 aliphatic heterocycles. The molecule has 0 fully saturated rings. The molecule has 0 N–H and O–H groups in total. The van der Waals surface area contributed by atoms with E-state index in [1.165, 1.54) is 12.4 Å². The van der Waals surface area contributed by atoms with Gasteiger partial charge in [0.15, 0.2) is 11.5 Å².